The molecule has 0 saturated carbocycles. The summed E-state index contributed by atoms with van der Waals surface area (Å²) in [5, 5.41) is 1.71. The van der Waals surface area contributed by atoms with Crippen LogP contribution < -0.4 is 4.90 Å². The Kier molecular flexibility index (Phi) is 5.14. The van der Waals surface area contributed by atoms with Crippen molar-refractivity contribution in [2.24, 2.45) is 4.99 Å². The van der Waals surface area contributed by atoms with Crippen LogP contribution >= 0.6 is 35.0 Å². The van der Waals surface area contributed by atoms with Crippen molar-refractivity contribution in [3.05, 3.63) is 63.9 Å². The van der Waals surface area contributed by atoms with Crippen LogP contribution in [-0.2, 0) is 15.6 Å². The quantitative estimate of drug-likeness (QED) is 0.703. The maximum atomic E-state index is 14.4. The normalized spacial score (nSPS) is 23.4. The highest BCUT2D eigenvalue weighted by Gasteiger charge is 2.47. The smallest absolute Gasteiger partial charge is 0.164 e. The molecule has 27 heavy (non-hydrogen) atoms. The van der Waals surface area contributed by atoms with Gasteiger partial charge in [0.05, 0.1) is 29.3 Å². The molecule has 2 aliphatic heterocycles. The van der Waals surface area contributed by atoms with Gasteiger partial charge in [0.25, 0.3) is 0 Å². The van der Waals surface area contributed by atoms with Crippen LogP contribution in [0.3, 0.4) is 0 Å². The van der Waals surface area contributed by atoms with Gasteiger partial charge >= 0.3 is 0 Å². The summed E-state index contributed by atoms with van der Waals surface area (Å²) in [6.07, 6.45) is 0. The summed E-state index contributed by atoms with van der Waals surface area (Å²) in [4.78, 5) is 6.32. The predicted octanol–water partition coefficient (Wildman–Crippen LogP) is 4.41. The number of halogens is 3. The molecule has 0 aliphatic carbocycles. The Balaban J connectivity index is 1.64. The van der Waals surface area contributed by atoms with Crippen LogP contribution in [0.4, 0.5) is 10.1 Å². The van der Waals surface area contributed by atoms with Gasteiger partial charge in [0.1, 0.15) is 5.82 Å². The lowest BCUT2D eigenvalue weighted by atomic mass is 10.1. The lowest BCUT2D eigenvalue weighted by molar-refractivity contribution is 0.600. The van der Waals surface area contributed by atoms with Crippen molar-refractivity contribution in [1.29, 1.82) is 0 Å². The summed E-state index contributed by atoms with van der Waals surface area (Å²) >= 11 is 13.6. The maximum Gasteiger partial charge on any atom is 0.164 e. The molecule has 4 rings (SSSR count). The van der Waals surface area contributed by atoms with Gasteiger partial charge in [-0.15, -0.1) is 0 Å². The third kappa shape index (κ3) is 3.83. The van der Waals surface area contributed by atoms with Crippen LogP contribution in [0, 0.1) is 5.82 Å². The SMILES string of the molecule is O=S1(=O)C[C@@H]2[C@@H](C1)N=C(SCc1ccc(Cl)cc1Cl)N2c1ccccc1F. The fraction of sp³-hybridized carbons (Fsp3) is 0.278. The van der Waals surface area contributed by atoms with Gasteiger partial charge in [0, 0.05) is 15.8 Å². The number of nitrogens with zero attached hydrogens (tertiary/aromatic N) is 2. The Morgan fingerprint density at radius 1 is 1.19 bits per heavy atom. The molecule has 1 saturated heterocycles. The molecular formula is C18H15Cl2FN2O2S2. The molecule has 0 amide bonds. The van der Waals surface area contributed by atoms with Crippen LogP contribution in [0.5, 0.6) is 0 Å². The molecular weight excluding hydrogens is 430 g/mol. The zero-order valence-corrected chi connectivity index (χ0v) is 17.1. The van der Waals surface area contributed by atoms with E-state index in [2.05, 4.69) is 4.99 Å². The molecule has 0 unspecified atom stereocenters. The number of aliphatic imine (C=N–C) groups is 1. The number of hydrogen-bond acceptors (Lipinski definition) is 5. The summed E-state index contributed by atoms with van der Waals surface area (Å²) in [5.74, 6) is 0.0852. The van der Waals surface area contributed by atoms with Gasteiger partial charge < -0.3 is 4.90 Å². The molecule has 0 spiro atoms. The van der Waals surface area contributed by atoms with Gasteiger partial charge in [-0.2, -0.15) is 0 Å². The number of anilines is 1. The highest BCUT2D eigenvalue weighted by atomic mass is 35.5. The van der Waals surface area contributed by atoms with Crippen LogP contribution in [0.1, 0.15) is 5.56 Å². The maximum absolute atomic E-state index is 14.4. The van der Waals surface area contributed by atoms with Crippen molar-refractivity contribution in [3.8, 4) is 0 Å². The van der Waals surface area contributed by atoms with Crippen molar-refractivity contribution < 1.29 is 12.8 Å². The van der Waals surface area contributed by atoms with E-state index in [1.807, 2.05) is 6.07 Å². The summed E-state index contributed by atoms with van der Waals surface area (Å²) < 4.78 is 38.5. The van der Waals surface area contributed by atoms with Crippen LogP contribution in [-0.4, -0.2) is 37.2 Å². The number of fused-ring (bicyclic) bond motifs is 1. The molecule has 2 aromatic rings. The van der Waals surface area contributed by atoms with Crippen LogP contribution in [0.15, 0.2) is 47.5 Å². The number of rotatable bonds is 3. The molecule has 9 heteroatoms. The van der Waals surface area contributed by atoms with Crippen molar-refractivity contribution in [1.82, 2.24) is 0 Å². The third-order valence-electron chi connectivity index (χ3n) is 4.59. The second-order valence-electron chi connectivity index (χ2n) is 6.47. The van der Waals surface area contributed by atoms with Gasteiger partial charge in [-0.05, 0) is 29.8 Å². The van der Waals surface area contributed by atoms with Crippen LogP contribution in [0.25, 0.3) is 0 Å². The van der Waals surface area contributed by atoms with Crippen LogP contribution in [0.2, 0.25) is 10.0 Å². The van der Waals surface area contributed by atoms with E-state index in [0.29, 0.717) is 26.7 Å². The molecule has 0 radical (unpaired) electrons. The summed E-state index contributed by atoms with van der Waals surface area (Å²) in [6, 6.07) is 10.9. The van der Waals surface area contributed by atoms with E-state index in [-0.39, 0.29) is 23.6 Å². The fourth-order valence-corrected chi connectivity index (χ4v) is 6.86. The standard InChI is InChI=1S/C18H15Cl2FN2O2S2/c19-12-6-5-11(13(20)7-12)8-26-18-22-15-9-27(24,25)10-17(15)23(18)16-4-2-1-3-14(16)21/h1-7,15,17H,8-10H2/t15-,17-/m1/s1. The van der Waals surface area contributed by atoms with E-state index in [0.717, 1.165) is 5.56 Å². The summed E-state index contributed by atoms with van der Waals surface area (Å²) in [7, 11) is -3.18. The first-order valence-corrected chi connectivity index (χ1v) is 11.8. The van der Waals surface area contributed by atoms with Gasteiger partial charge in [-0.1, -0.05) is 53.2 Å². The molecule has 2 atom stereocenters. The second-order valence-corrected chi connectivity index (χ2v) is 10.4. The predicted molar refractivity (Wildman–Crippen MR) is 110 cm³/mol. The minimum absolute atomic E-state index is 0.00558. The minimum Gasteiger partial charge on any atom is -0.312 e. The fourth-order valence-electron chi connectivity index (χ4n) is 3.34. The Morgan fingerprint density at radius 2 is 1.96 bits per heavy atom. The first-order valence-electron chi connectivity index (χ1n) is 8.23. The number of amidine groups is 1. The van der Waals surface area contributed by atoms with E-state index in [9.17, 15) is 12.8 Å². The summed E-state index contributed by atoms with van der Waals surface area (Å²) in [5.41, 5.74) is 1.22. The zero-order valence-electron chi connectivity index (χ0n) is 14.0. The number of benzene rings is 2. The van der Waals surface area contributed by atoms with E-state index in [1.54, 1.807) is 35.2 Å². The number of thioether (sulfide) groups is 1. The van der Waals surface area contributed by atoms with E-state index >= 15 is 0 Å². The molecule has 1 fully saturated rings. The Labute approximate surface area is 171 Å². The number of hydrogen-bond donors (Lipinski definition) is 0. The molecule has 2 aromatic carbocycles. The molecule has 0 aromatic heterocycles. The Bertz CT molecular complexity index is 1030. The van der Waals surface area contributed by atoms with Crippen molar-refractivity contribution >= 4 is 55.7 Å². The van der Waals surface area contributed by atoms with E-state index < -0.39 is 15.7 Å². The zero-order chi connectivity index (χ0) is 19.2. The third-order valence-corrected chi connectivity index (χ3v) is 7.89. The van der Waals surface area contributed by atoms with E-state index in [1.165, 1.54) is 17.8 Å². The summed E-state index contributed by atoms with van der Waals surface area (Å²) in [6.45, 7) is 0. The monoisotopic (exact) mass is 444 g/mol. The van der Waals surface area contributed by atoms with Gasteiger partial charge in [-0.3, -0.25) is 4.99 Å². The highest BCUT2D eigenvalue weighted by Crippen LogP contribution is 2.37. The average Bonchev–Trinajstić information content (AvgIpc) is 3.06. The molecule has 0 N–H and O–H groups in total. The Morgan fingerprint density at radius 3 is 2.70 bits per heavy atom. The number of para-hydroxylation sites is 1. The topological polar surface area (TPSA) is 49.7 Å². The van der Waals surface area contributed by atoms with E-state index in [4.69, 9.17) is 23.2 Å². The first kappa shape index (κ1) is 19.1. The highest BCUT2D eigenvalue weighted by molar-refractivity contribution is 8.13. The van der Waals surface area contributed by atoms with Crippen molar-refractivity contribution in [2.45, 2.75) is 17.8 Å². The lowest BCUT2D eigenvalue weighted by Gasteiger charge is -2.26. The molecule has 2 heterocycles. The Hall–Kier alpha value is -1.28. The number of sulfone groups is 1. The minimum atomic E-state index is -3.18. The van der Waals surface area contributed by atoms with Gasteiger partial charge in [0.15, 0.2) is 15.0 Å². The van der Waals surface area contributed by atoms with Gasteiger partial charge in [-0.25, -0.2) is 12.8 Å². The first-order chi connectivity index (χ1) is 12.8. The second kappa shape index (κ2) is 7.28. The van der Waals surface area contributed by atoms with Crippen molar-refractivity contribution in [3.63, 3.8) is 0 Å². The largest absolute Gasteiger partial charge is 0.312 e. The molecule has 0 bridgehead atoms. The van der Waals surface area contributed by atoms with Gasteiger partial charge in [0.2, 0.25) is 0 Å². The molecule has 4 nitrogen and oxygen atoms in total. The lowest BCUT2D eigenvalue weighted by Crippen LogP contribution is -2.39. The van der Waals surface area contributed by atoms with Crippen molar-refractivity contribution in [2.75, 3.05) is 16.4 Å². The average molecular weight is 445 g/mol. The molecule has 142 valence electrons. The molecule has 2 aliphatic rings.